The molecule has 0 spiro atoms. The summed E-state index contributed by atoms with van der Waals surface area (Å²) in [5.41, 5.74) is 12.5. The van der Waals surface area contributed by atoms with Gasteiger partial charge in [0.1, 0.15) is 11.8 Å². The lowest BCUT2D eigenvalue weighted by atomic mass is 9.96. The molecule has 6 rings (SSSR count). The number of imidazole rings is 1. The third-order valence-electron chi connectivity index (χ3n) is 8.06. The second-order valence-corrected chi connectivity index (χ2v) is 12.0. The molecule has 228 valence electrons. The van der Waals surface area contributed by atoms with Crippen LogP contribution in [0.15, 0.2) is 114 Å². The largest absolute Gasteiger partial charge is 0.492 e. The van der Waals surface area contributed by atoms with Gasteiger partial charge in [-0.05, 0) is 40.5 Å². The van der Waals surface area contributed by atoms with Gasteiger partial charge >= 0.3 is 0 Å². The lowest BCUT2D eigenvalue weighted by Crippen LogP contribution is -2.46. The van der Waals surface area contributed by atoms with Crippen molar-refractivity contribution < 1.29 is 14.3 Å². The molecule has 0 fully saturated rings. The van der Waals surface area contributed by atoms with Crippen molar-refractivity contribution in [3.63, 3.8) is 0 Å². The normalized spacial score (nSPS) is 14.6. The number of hydrogen-bond acceptors (Lipinski definition) is 5. The van der Waals surface area contributed by atoms with Gasteiger partial charge < -0.3 is 25.7 Å². The zero-order chi connectivity index (χ0) is 31.2. The quantitative estimate of drug-likeness (QED) is 0.165. The van der Waals surface area contributed by atoms with Crippen LogP contribution >= 0.6 is 15.9 Å². The molecule has 0 radical (unpaired) electrons. The molecule has 4 N–H and O–H groups in total. The predicted octanol–water partition coefficient (Wildman–Crippen LogP) is 5.80. The van der Waals surface area contributed by atoms with E-state index in [4.69, 9.17) is 10.5 Å². The van der Waals surface area contributed by atoms with E-state index in [0.717, 1.165) is 27.7 Å². The zero-order valence-electron chi connectivity index (χ0n) is 24.7. The number of para-hydroxylation sites is 1. The maximum absolute atomic E-state index is 13.4. The smallest absolute Gasteiger partial charge is 0.255 e. The van der Waals surface area contributed by atoms with E-state index in [-0.39, 0.29) is 6.04 Å². The van der Waals surface area contributed by atoms with Crippen molar-refractivity contribution in [1.29, 1.82) is 0 Å². The number of rotatable bonds is 11. The first-order valence-corrected chi connectivity index (χ1v) is 15.7. The average molecular weight is 665 g/mol. The fraction of sp³-hybridized carbons (Fsp3) is 0.194. The molecule has 1 aliphatic heterocycles. The van der Waals surface area contributed by atoms with Crippen LogP contribution in [0, 0.1) is 0 Å². The Morgan fingerprint density at radius 3 is 2.42 bits per heavy atom. The maximum atomic E-state index is 13.4. The van der Waals surface area contributed by atoms with Gasteiger partial charge in [0.15, 0.2) is 0 Å². The molecule has 1 aliphatic rings. The molecule has 5 aromatic rings. The fourth-order valence-electron chi connectivity index (χ4n) is 5.63. The Kier molecular flexibility index (Phi) is 9.38. The second-order valence-electron chi connectivity index (χ2n) is 11.1. The number of hydrogen-bond donors (Lipinski definition) is 3. The van der Waals surface area contributed by atoms with Gasteiger partial charge in [-0.2, -0.15) is 0 Å². The number of nitrogens with zero attached hydrogens (tertiary/aromatic N) is 2. The standard InChI is InChI=1S/C36H34BrN5O3/c37-28-15-11-24(12-16-28)19-33(35(38)43)41-36(44)31-8-4-7-30-32(17-18-45-34(30)31)40-21-29-20-39-23-42(29)22-25-9-13-27(14-10-25)26-5-2-1-3-6-26/h1-16,20,23,32-33,40H,17-19,21-22H2,(H2,38,43)(H,41,44)/t32?,33-/m0/s1. The van der Waals surface area contributed by atoms with Gasteiger partial charge in [0.2, 0.25) is 5.91 Å². The summed E-state index contributed by atoms with van der Waals surface area (Å²) in [5.74, 6) is -0.470. The number of fused-ring (bicyclic) bond motifs is 1. The molecule has 45 heavy (non-hydrogen) atoms. The Morgan fingerprint density at radius 2 is 1.67 bits per heavy atom. The molecular weight excluding hydrogens is 630 g/mol. The highest BCUT2D eigenvalue weighted by atomic mass is 79.9. The SMILES string of the molecule is NC(=O)[C@H](Cc1ccc(Br)cc1)NC(=O)c1cccc2c1OCCC2NCc1cncn1Cc1ccc(-c2ccccc2)cc1. The summed E-state index contributed by atoms with van der Waals surface area (Å²) < 4.78 is 9.09. The molecule has 8 nitrogen and oxygen atoms in total. The molecule has 1 unspecified atom stereocenters. The number of aromatic nitrogens is 2. The van der Waals surface area contributed by atoms with Gasteiger partial charge in [-0.3, -0.25) is 9.59 Å². The Balaban J connectivity index is 1.11. The number of carbonyl (C=O) groups is 2. The Hall–Kier alpha value is -4.73. The van der Waals surface area contributed by atoms with Gasteiger partial charge in [0, 0.05) is 48.2 Å². The monoisotopic (exact) mass is 663 g/mol. The van der Waals surface area contributed by atoms with E-state index >= 15 is 0 Å². The first-order chi connectivity index (χ1) is 21.9. The second kappa shape index (κ2) is 13.9. The third kappa shape index (κ3) is 7.33. The van der Waals surface area contributed by atoms with Crippen LogP contribution < -0.4 is 21.1 Å². The van der Waals surface area contributed by atoms with Crippen LogP contribution in [0.5, 0.6) is 5.75 Å². The number of nitrogens with two attached hydrogens (primary N) is 1. The first kappa shape index (κ1) is 30.3. The van der Waals surface area contributed by atoms with Crippen LogP contribution in [0.25, 0.3) is 11.1 Å². The molecular formula is C36H34BrN5O3. The average Bonchev–Trinajstić information content (AvgIpc) is 3.51. The van der Waals surface area contributed by atoms with Crippen molar-refractivity contribution in [2.45, 2.75) is 38.0 Å². The van der Waals surface area contributed by atoms with Crippen molar-refractivity contribution in [3.05, 3.63) is 142 Å². The van der Waals surface area contributed by atoms with Gasteiger partial charge in [0.25, 0.3) is 5.91 Å². The summed E-state index contributed by atoms with van der Waals surface area (Å²) in [6, 6.07) is 31.2. The first-order valence-electron chi connectivity index (χ1n) is 14.9. The van der Waals surface area contributed by atoms with E-state index in [2.05, 4.69) is 72.5 Å². The molecule has 0 saturated carbocycles. The number of amides is 2. The summed E-state index contributed by atoms with van der Waals surface area (Å²) in [4.78, 5) is 30.1. The third-order valence-corrected chi connectivity index (χ3v) is 8.59. The number of ether oxygens (including phenoxy) is 1. The Morgan fingerprint density at radius 1 is 0.933 bits per heavy atom. The minimum atomic E-state index is -0.859. The van der Waals surface area contributed by atoms with E-state index in [1.165, 1.54) is 16.7 Å². The highest BCUT2D eigenvalue weighted by molar-refractivity contribution is 9.10. The minimum absolute atomic E-state index is 0.0234. The maximum Gasteiger partial charge on any atom is 0.255 e. The molecule has 0 saturated heterocycles. The number of halogens is 1. The number of primary amides is 1. The van der Waals surface area contributed by atoms with Gasteiger partial charge in [-0.15, -0.1) is 0 Å². The molecule has 2 amide bonds. The van der Waals surface area contributed by atoms with Gasteiger partial charge in [-0.25, -0.2) is 4.98 Å². The lowest BCUT2D eigenvalue weighted by Gasteiger charge is -2.28. The van der Waals surface area contributed by atoms with E-state index in [1.54, 1.807) is 6.07 Å². The lowest BCUT2D eigenvalue weighted by molar-refractivity contribution is -0.119. The molecule has 0 bridgehead atoms. The van der Waals surface area contributed by atoms with Crippen LogP contribution in [0.2, 0.25) is 0 Å². The highest BCUT2D eigenvalue weighted by Crippen LogP contribution is 2.35. The summed E-state index contributed by atoms with van der Waals surface area (Å²) in [6.45, 7) is 1.77. The van der Waals surface area contributed by atoms with Crippen molar-refractivity contribution in [3.8, 4) is 16.9 Å². The van der Waals surface area contributed by atoms with Crippen molar-refractivity contribution in [1.82, 2.24) is 20.2 Å². The predicted molar refractivity (Wildman–Crippen MR) is 178 cm³/mol. The molecule has 0 aliphatic carbocycles. The number of carbonyl (C=O) groups excluding carboxylic acids is 2. The number of nitrogens with one attached hydrogen (secondary N) is 2. The van der Waals surface area contributed by atoms with Crippen molar-refractivity contribution >= 4 is 27.7 Å². The van der Waals surface area contributed by atoms with Crippen molar-refractivity contribution in [2.75, 3.05) is 6.61 Å². The van der Waals surface area contributed by atoms with Crippen LogP contribution in [0.1, 0.15) is 45.2 Å². The van der Waals surface area contributed by atoms with Gasteiger partial charge in [0.05, 0.1) is 24.2 Å². The Bertz CT molecular complexity index is 1770. The fourth-order valence-corrected chi connectivity index (χ4v) is 5.89. The van der Waals surface area contributed by atoms with Crippen LogP contribution in [-0.4, -0.2) is 34.0 Å². The molecule has 2 heterocycles. The van der Waals surface area contributed by atoms with E-state index in [9.17, 15) is 9.59 Å². The van der Waals surface area contributed by atoms with Crippen LogP contribution in [-0.2, 0) is 24.3 Å². The summed E-state index contributed by atoms with van der Waals surface area (Å²) in [6.07, 6.45) is 4.77. The number of benzene rings is 4. The summed E-state index contributed by atoms with van der Waals surface area (Å²) >= 11 is 3.41. The summed E-state index contributed by atoms with van der Waals surface area (Å²) in [7, 11) is 0. The van der Waals surface area contributed by atoms with Crippen molar-refractivity contribution in [2.24, 2.45) is 5.73 Å². The molecule has 2 atom stereocenters. The van der Waals surface area contributed by atoms with Crippen LogP contribution in [0.3, 0.4) is 0 Å². The topological polar surface area (TPSA) is 111 Å². The molecule has 1 aromatic heterocycles. The highest BCUT2D eigenvalue weighted by Gasteiger charge is 2.28. The molecule has 9 heteroatoms. The van der Waals surface area contributed by atoms with E-state index in [1.807, 2.05) is 67.1 Å². The Labute approximate surface area is 270 Å². The van der Waals surface area contributed by atoms with Crippen LogP contribution in [0.4, 0.5) is 0 Å². The molecule has 4 aromatic carbocycles. The van der Waals surface area contributed by atoms with E-state index < -0.39 is 17.9 Å². The van der Waals surface area contributed by atoms with E-state index in [0.29, 0.717) is 37.4 Å². The van der Waals surface area contributed by atoms with Gasteiger partial charge in [-0.1, -0.05) is 94.8 Å². The summed E-state index contributed by atoms with van der Waals surface area (Å²) in [5, 5.41) is 6.47. The zero-order valence-corrected chi connectivity index (χ0v) is 26.2. The minimum Gasteiger partial charge on any atom is -0.492 e.